The number of hydrogen-bond acceptors (Lipinski definition) is 5. The van der Waals surface area contributed by atoms with Crippen LogP contribution in [-0.4, -0.2) is 30.4 Å². The van der Waals surface area contributed by atoms with E-state index in [1.54, 1.807) is 36.4 Å². The first-order valence-electron chi connectivity index (χ1n) is 7.58. The van der Waals surface area contributed by atoms with Gasteiger partial charge in [0.15, 0.2) is 11.5 Å². The Bertz CT molecular complexity index is 791. The van der Waals surface area contributed by atoms with Crippen LogP contribution in [0.15, 0.2) is 46.0 Å². The summed E-state index contributed by atoms with van der Waals surface area (Å²) in [6, 6.07) is 10.2. The maximum Gasteiger partial charge on any atom is 0.275 e. The Hall–Kier alpha value is -2.54. The molecule has 0 saturated carbocycles. The molecule has 1 amide bonds. The van der Waals surface area contributed by atoms with Crippen molar-refractivity contribution in [1.29, 1.82) is 0 Å². The van der Waals surface area contributed by atoms with E-state index in [1.165, 1.54) is 13.3 Å². The van der Waals surface area contributed by atoms with E-state index in [0.717, 1.165) is 0 Å². The molecular weight excluding hydrogens is 388 g/mol. The highest BCUT2D eigenvalue weighted by molar-refractivity contribution is 9.10. The second kappa shape index (κ2) is 8.53. The number of rotatable bonds is 6. The van der Waals surface area contributed by atoms with Crippen molar-refractivity contribution < 1.29 is 19.4 Å². The van der Waals surface area contributed by atoms with E-state index in [9.17, 15) is 9.90 Å². The standard InChI is InChI=1S/C18H19BrN2O4/c1-11(2)25-15-7-5-4-6-13(15)18(23)21-20-10-12-8-14(19)17(22)16(9-12)24-3/h4-11,22H,1-3H3,(H,21,23). The fraction of sp³-hybridized carbons (Fsp3) is 0.222. The van der Waals surface area contributed by atoms with E-state index in [1.807, 2.05) is 13.8 Å². The minimum Gasteiger partial charge on any atom is -0.503 e. The fourth-order valence-corrected chi connectivity index (χ4v) is 2.52. The number of nitrogens with one attached hydrogen (secondary N) is 1. The Morgan fingerprint density at radius 3 is 2.68 bits per heavy atom. The van der Waals surface area contributed by atoms with Crippen LogP contribution >= 0.6 is 15.9 Å². The van der Waals surface area contributed by atoms with Gasteiger partial charge >= 0.3 is 0 Å². The van der Waals surface area contributed by atoms with Gasteiger partial charge in [-0.05, 0) is 59.6 Å². The molecule has 0 aromatic heterocycles. The van der Waals surface area contributed by atoms with Crippen LogP contribution < -0.4 is 14.9 Å². The van der Waals surface area contributed by atoms with E-state index in [2.05, 4.69) is 26.5 Å². The SMILES string of the molecule is COc1cc(C=NNC(=O)c2ccccc2OC(C)C)cc(Br)c1O. The van der Waals surface area contributed by atoms with E-state index < -0.39 is 0 Å². The van der Waals surface area contributed by atoms with Crippen LogP contribution in [0.25, 0.3) is 0 Å². The normalized spacial score (nSPS) is 10.9. The van der Waals surface area contributed by atoms with Gasteiger partial charge < -0.3 is 14.6 Å². The van der Waals surface area contributed by atoms with Gasteiger partial charge in [0.05, 0.1) is 29.5 Å². The van der Waals surface area contributed by atoms with Crippen LogP contribution in [0.1, 0.15) is 29.8 Å². The molecule has 6 nitrogen and oxygen atoms in total. The number of carbonyl (C=O) groups is 1. The van der Waals surface area contributed by atoms with E-state index in [4.69, 9.17) is 9.47 Å². The second-order valence-electron chi connectivity index (χ2n) is 5.42. The Labute approximate surface area is 154 Å². The first-order valence-corrected chi connectivity index (χ1v) is 8.37. The zero-order valence-electron chi connectivity index (χ0n) is 14.1. The van der Waals surface area contributed by atoms with Crippen molar-refractivity contribution >= 4 is 28.1 Å². The lowest BCUT2D eigenvalue weighted by molar-refractivity contribution is 0.0949. The molecule has 132 valence electrons. The molecular formula is C18H19BrN2O4. The second-order valence-corrected chi connectivity index (χ2v) is 6.27. The number of para-hydroxylation sites is 1. The van der Waals surface area contributed by atoms with Crippen molar-refractivity contribution in [2.45, 2.75) is 20.0 Å². The summed E-state index contributed by atoms with van der Waals surface area (Å²) in [5, 5.41) is 13.7. The zero-order chi connectivity index (χ0) is 18.4. The van der Waals surface area contributed by atoms with Crippen molar-refractivity contribution in [3.63, 3.8) is 0 Å². The quantitative estimate of drug-likeness (QED) is 0.565. The molecule has 0 fully saturated rings. The smallest absolute Gasteiger partial charge is 0.275 e. The Morgan fingerprint density at radius 1 is 1.28 bits per heavy atom. The van der Waals surface area contributed by atoms with Crippen molar-refractivity contribution in [3.05, 3.63) is 52.0 Å². The maximum atomic E-state index is 12.3. The molecule has 0 unspecified atom stereocenters. The molecule has 0 radical (unpaired) electrons. The number of ether oxygens (including phenoxy) is 2. The first-order chi connectivity index (χ1) is 11.9. The molecule has 0 aliphatic rings. The van der Waals surface area contributed by atoms with Gasteiger partial charge in [-0.3, -0.25) is 4.79 Å². The Morgan fingerprint density at radius 2 is 2.00 bits per heavy atom. The van der Waals surface area contributed by atoms with Gasteiger partial charge in [-0.25, -0.2) is 5.43 Å². The summed E-state index contributed by atoms with van der Waals surface area (Å²) < 4.78 is 11.2. The monoisotopic (exact) mass is 406 g/mol. The van der Waals surface area contributed by atoms with Gasteiger partial charge in [0, 0.05) is 0 Å². The zero-order valence-corrected chi connectivity index (χ0v) is 15.7. The van der Waals surface area contributed by atoms with Crippen LogP contribution in [-0.2, 0) is 0 Å². The molecule has 0 spiro atoms. The highest BCUT2D eigenvalue weighted by atomic mass is 79.9. The summed E-state index contributed by atoms with van der Waals surface area (Å²) in [5.74, 6) is 0.429. The number of benzene rings is 2. The number of aromatic hydroxyl groups is 1. The van der Waals surface area contributed by atoms with Crippen LogP contribution in [0, 0.1) is 0 Å². The Kier molecular flexibility index (Phi) is 6.41. The van der Waals surface area contributed by atoms with E-state index in [-0.39, 0.29) is 17.8 Å². The third-order valence-corrected chi connectivity index (χ3v) is 3.75. The lowest BCUT2D eigenvalue weighted by Gasteiger charge is -2.12. The lowest BCUT2D eigenvalue weighted by atomic mass is 10.2. The highest BCUT2D eigenvalue weighted by Gasteiger charge is 2.12. The van der Waals surface area contributed by atoms with Gasteiger partial charge in [0.1, 0.15) is 5.75 Å². The minimum atomic E-state index is -0.377. The molecule has 2 aromatic carbocycles. The minimum absolute atomic E-state index is 0.00319. The number of halogens is 1. The number of amides is 1. The van der Waals surface area contributed by atoms with Crippen LogP contribution in [0.3, 0.4) is 0 Å². The van der Waals surface area contributed by atoms with Gasteiger partial charge in [0.2, 0.25) is 0 Å². The molecule has 0 heterocycles. The van der Waals surface area contributed by atoms with Crippen molar-refractivity contribution in [2.24, 2.45) is 5.10 Å². The number of methoxy groups -OCH3 is 1. The molecule has 0 saturated heterocycles. The predicted octanol–water partition coefficient (Wildman–Crippen LogP) is 3.71. The lowest BCUT2D eigenvalue weighted by Crippen LogP contribution is -2.19. The fourth-order valence-electron chi connectivity index (χ4n) is 2.06. The van der Waals surface area contributed by atoms with Crippen LogP contribution in [0.4, 0.5) is 0 Å². The average Bonchev–Trinajstić information content (AvgIpc) is 2.57. The molecule has 2 aromatic rings. The van der Waals surface area contributed by atoms with Gasteiger partial charge in [-0.1, -0.05) is 12.1 Å². The third kappa shape index (κ3) is 4.96. The van der Waals surface area contributed by atoms with Gasteiger partial charge in [-0.2, -0.15) is 5.10 Å². The summed E-state index contributed by atoms with van der Waals surface area (Å²) >= 11 is 3.23. The molecule has 25 heavy (non-hydrogen) atoms. The number of hydrazone groups is 1. The van der Waals surface area contributed by atoms with Gasteiger partial charge in [0.25, 0.3) is 5.91 Å². The third-order valence-electron chi connectivity index (χ3n) is 3.14. The van der Waals surface area contributed by atoms with Crippen molar-refractivity contribution in [2.75, 3.05) is 7.11 Å². The topological polar surface area (TPSA) is 80.2 Å². The van der Waals surface area contributed by atoms with Gasteiger partial charge in [-0.15, -0.1) is 0 Å². The summed E-state index contributed by atoms with van der Waals surface area (Å²) in [6.45, 7) is 3.78. The average molecular weight is 407 g/mol. The summed E-state index contributed by atoms with van der Waals surface area (Å²) in [4.78, 5) is 12.3. The first kappa shape index (κ1) is 18.8. The number of phenols is 1. The highest BCUT2D eigenvalue weighted by Crippen LogP contribution is 2.34. The predicted molar refractivity (Wildman–Crippen MR) is 99.6 cm³/mol. The number of phenolic OH excluding ortho intramolecular Hbond substituents is 1. The summed E-state index contributed by atoms with van der Waals surface area (Å²) in [5.41, 5.74) is 3.51. The van der Waals surface area contributed by atoms with E-state index >= 15 is 0 Å². The number of carbonyl (C=O) groups excluding carboxylic acids is 1. The Balaban J connectivity index is 2.13. The number of hydrogen-bond donors (Lipinski definition) is 2. The molecule has 2 N–H and O–H groups in total. The van der Waals surface area contributed by atoms with Crippen molar-refractivity contribution in [1.82, 2.24) is 5.43 Å². The van der Waals surface area contributed by atoms with E-state index in [0.29, 0.717) is 27.1 Å². The van der Waals surface area contributed by atoms with Crippen LogP contribution in [0.2, 0.25) is 0 Å². The largest absolute Gasteiger partial charge is 0.503 e. The molecule has 0 atom stereocenters. The molecule has 2 rings (SSSR count). The van der Waals surface area contributed by atoms with Crippen LogP contribution in [0.5, 0.6) is 17.2 Å². The molecule has 7 heteroatoms. The maximum absolute atomic E-state index is 12.3. The molecule has 0 aliphatic carbocycles. The summed E-state index contributed by atoms with van der Waals surface area (Å²) in [7, 11) is 1.45. The van der Waals surface area contributed by atoms with Crippen molar-refractivity contribution in [3.8, 4) is 17.2 Å². The summed E-state index contributed by atoms with van der Waals surface area (Å²) in [6.07, 6.45) is 1.41. The number of nitrogens with zero attached hydrogens (tertiary/aromatic N) is 1. The molecule has 0 aliphatic heterocycles. The molecule has 0 bridgehead atoms.